The lowest BCUT2D eigenvalue weighted by atomic mass is 9.96. The van der Waals surface area contributed by atoms with E-state index in [-0.39, 0.29) is 87.1 Å². The number of ether oxygens (including phenoxy) is 1. The number of piperazine rings is 1. The molecule has 2 bridgehead atoms. The van der Waals surface area contributed by atoms with Crippen LogP contribution in [0.5, 0.6) is 23.3 Å². The number of halogens is 2. The van der Waals surface area contributed by atoms with Gasteiger partial charge in [0.25, 0.3) is 5.91 Å². The summed E-state index contributed by atoms with van der Waals surface area (Å²) in [6, 6.07) is 14.4. The predicted octanol–water partition coefficient (Wildman–Crippen LogP) is 7.02. The van der Waals surface area contributed by atoms with Crippen molar-refractivity contribution in [3.63, 3.8) is 0 Å². The monoisotopic (exact) mass is 768 g/mol. The highest BCUT2D eigenvalue weighted by molar-refractivity contribution is 6.03. The predicted molar refractivity (Wildman–Crippen MR) is 210 cm³/mol. The molecule has 4 aromatic carbocycles. The summed E-state index contributed by atoms with van der Waals surface area (Å²) in [5, 5.41) is 36.1. The van der Waals surface area contributed by atoms with Crippen LogP contribution in [0, 0.1) is 24.0 Å². The fraction of sp³-hybridized carbons (Fsp3) is 0.273. The van der Waals surface area contributed by atoms with Gasteiger partial charge in [-0.25, -0.2) is 8.78 Å². The smallest absolute Gasteiger partial charge is 0.319 e. The van der Waals surface area contributed by atoms with Crippen molar-refractivity contribution in [2.45, 2.75) is 64.4 Å². The number of pyridine rings is 1. The number of nitrogens with one attached hydrogen (secondary N) is 1. The second kappa shape index (κ2) is 13.9. The van der Waals surface area contributed by atoms with Crippen molar-refractivity contribution in [2.24, 2.45) is 0 Å². The Labute approximate surface area is 326 Å². The quantitative estimate of drug-likeness (QED) is 0.125. The maximum absolute atomic E-state index is 17.0. The molecule has 0 radical (unpaired) electrons. The summed E-state index contributed by atoms with van der Waals surface area (Å²) >= 11 is 0. The first-order chi connectivity index (χ1) is 27.4. The van der Waals surface area contributed by atoms with Gasteiger partial charge in [-0.05, 0) is 70.7 Å². The van der Waals surface area contributed by atoms with Crippen LogP contribution in [-0.4, -0.2) is 66.3 Å². The molecule has 2 unspecified atom stereocenters. The zero-order chi connectivity index (χ0) is 39.7. The first-order valence-electron chi connectivity index (χ1n) is 18.8. The highest BCUT2D eigenvalue weighted by atomic mass is 19.1. The van der Waals surface area contributed by atoms with Gasteiger partial charge in [0.2, 0.25) is 0 Å². The number of terminal acetylenes is 1. The number of fused-ring (bicyclic) bond motifs is 5. The van der Waals surface area contributed by atoms with Crippen LogP contribution >= 0.6 is 0 Å². The summed E-state index contributed by atoms with van der Waals surface area (Å²) in [6.45, 7) is 5.78. The van der Waals surface area contributed by atoms with Crippen LogP contribution in [0.4, 0.5) is 14.6 Å². The van der Waals surface area contributed by atoms with Crippen molar-refractivity contribution in [2.75, 3.05) is 18.0 Å². The third-order valence-electron chi connectivity index (χ3n) is 11.3. The highest BCUT2D eigenvalue weighted by Gasteiger charge is 2.35. The Morgan fingerprint density at radius 1 is 0.982 bits per heavy atom. The first-order valence-corrected chi connectivity index (χ1v) is 18.8. The number of hydrogen-bond acceptors (Lipinski definition) is 10. The number of aromatic hydroxyl groups is 3. The Morgan fingerprint density at radius 3 is 2.51 bits per heavy atom. The minimum absolute atomic E-state index is 0.0387. The van der Waals surface area contributed by atoms with Gasteiger partial charge in [-0.15, -0.1) is 6.42 Å². The van der Waals surface area contributed by atoms with Crippen molar-refractivity contribution < 1.29 is 33.6 Å². The van der Waals surface area contributed by atoms with Gasteiger partial charge in [0.15, 0.2) is 5.82 Å². The minimum atomic E-state index is -0.805. The van der Waals surface area contributed by atoms with Crippen molar-refractivity contribution in [1.82, 2.24) is 25.2 Å². The lowest BCUT2D eigenvalue weighted by molar-refractivity contribution is 0.0748. The van der Waals surface area contributed by atoms with Crippen LogP contribution in [-0.2, 0) is 19.7 Å². The Hall–Kier alpha value is -6.52. The summed E-state index contributed by atoms with van der Waals surface area (Å²) in [7, 11) is 0. The molecule has 9 rings (SSSR count). The third kappa shape index (κ3) is 6.36. The summed E-state index contributed by atoms with van der Waals surface area (Å²) in [4.78, 5) is 31.2. The molecule has 3 aliphatic rings. The summed E-state index contributed by atoms with van der Waals surface area (Å²) < 4.78 is 38.1. The molecular weight excluding hydrogens is 731 g/mol. The molecule has 0 saturated carbocycles. The van der Waals surface area contributed by atoms with Crippen molar-refractivity contribution in [1.29, 1.82) is 0 Å². The molecular formula is C44H38F2N6O5. The van der Waals surface area contributed by atoms with E-state index in [2.05, 4.69) is 26.1 Å². The highest BCUT2D eigenvalue weighted by Crippen LogP contribution is 2.40. The van der Waals surface area contributed by atoms with Crippen LogP contribution in [0.1, 0.15) is 70.8 Å². The average molecular weight is 769 g/mol. The van der Waals surface area contributed by atoms with Crippen LogP contribution in [0.25, 0.3) is 32.9 Å². The van der Waals surface area contributed by atoms with Gasteiger partial charge in [0.1, 0.15) is 46.7 Å². The lowest BCUT2D eigenvalue weighted by Gasteiger charge is -2.34. The third-order valence-corrected chi connectivity index (χ3v) is 11.3. The summed E-state index contributed by atoms with van der Waals surface area (Å²) in [5.74, 6) is 0.474. The van der Waals surface area contributed by atoms with E-state index in [1.165, 1.54) is 36.5 Å². The van der Waals surface area contributed by atoms with Gasteiger partial charge in [0, 0.05) is 61.5 Å². The van der Waals surface area contributed by atoms with E-state index in [1.807, 2.05) is 32.0 Å². The summed E-state index contributed by atoms with van der Waals surface area (Å²) in [6.07, 6.45) is 9.23. The van der Waals surface area contributed by atoms with E-state index in [4.69, 9.17) is 16.1 Å². The number of benzene rings is 4. The number of phenolic OH excluding ortho intramolecular Hbond substituents is 3. The van der Waals surface area contributed by atoms with Gasteiger partial charge in [-0.3, -0.25) is 9.78 Å². The van der Waals surface area contributed by atoms with E-state index in [0.717, 1.165) is 29.5 Å². The van der Waals surface area contributed by atoms with Gasteiger partial charge in [-0.1, -0.05) is 44.0 Å². The second-order valence-electron chi connectivity index (χ2n) is 15.3. The fourth-order valence-corrected chi connectivity index (χ4v) is 8.46. The zero-order valence-corrected chi connectivity index (χ0v) is 31.2. The van der Waals surface area contributed by atoms with Crippen LogP contribution in [0.15, 0.2) is 60.8 Å². The Balaban J connectivity index is 1.05. The molecule has 2 atom stereocenters. The van der Waals surface area contributed by atoms with Crippen LogP contribution in [0.2, 0.25) is 0 Å². The van der Waals surface area contributed by atoms with Gasteiger partial charge < -0.3 is 35.2 Å². The fourth-order valence-electron chi connectivity index (χ4n) is 8.46. The molecule has 5 heterocycles. The molecule has 2 aromatic heterocycles. The Morgan fingerprint density at radius 2 is 1.75 bits per heavy atom. The number of aromatic nitrogens is 3. The molecule has 4 N–H and O–H groups in total. The molecule has 2 fully saturated rings. The Bertz CT molecular complexity index is 2690. The molecule has 11 nitrogen and oxygen atoms in total. The molecule has 57 heavy (non-hydrogen) atoms. The lowest BCUT2D eigenvalue weighted by Crippen LogP contribution is -2.51. The summed E-state index contributed by atoms with van der Waals surface area (Å²) in [5.41, 5.74) is 3.15. The number of hydrogen-bond donors (Lipinski definition) is 4. The number of amides is 1. The van der Waals surface area contributed by atoms with E-state index < -0.39 is 11.6 Å². The molecule has 288 valence electrons. The van der Waals surface area contributed by atoms with Crippen LogP contribution < -0.4 is 15.0 Å². The molecule has 6 aromatic rings. The van der Waals surface area contributed by atoms with Crippen molar-refractivity contribution in [3.05, 3.63) is 106 Å². The van der Waals surface area contributed by atoms with Crippen molar-refractivity contribution >= 4 is 33.4 Å². The molecule has 0 spiro atoms. The second-order valence-corrected chi connectivity index (χ2v) is 15.3. The number of phenols is 3. The first kappa shape index (κ1) is 36.1. The average Bonchev–Trinajstić information content (AvgIpc) is 3.77. The standard InChI is InChI=1S/C44H38F2N6O5/c1-4-30-35(45)10-7-24-12-29(53)13-33(38(24)30)40-39(46)41-34(16-47-40)42(51-19-27-8-9-28(20-51)48-27)50-44(49-41)57-21-23-5-6-25-17-52(18-26(25)11-23)43(56)32-14-31(22(2)3)36(54)15-37(32)55/h1,5-7,10-16,22,27-28,48,53-55H,8-9,17-21H2,2-3H3. The van der Waals surface area contributed by atoms with E-state index >= 15 is 4.39 Å². The maximum Gasteiger partial charge on any atom is 0.319 e. The molecule has 2 saturated heterocycles. The zero-order valence-electron chi connectivity index (χ0n) is 31.2. The molecule has 1 amide bonds. The number of carbonyl (C=O) groups is 1. The van der Waals surface area contributed by atoms with Gasteiger partial charge in [-0.2, -0.15) is 9.97 Å². The largest absolute Gasteiger partial charge is 0.508 e. The van der Waals surface area contributed by atoms with Crippen molar-refractivity contribution in [3.8, 4) is 46.9 Å². The number of nitrogens with zero attached hydrogens (tertiary/aromatic N) is 5. The number of rotatable bonds is 7. The van der Waals surface area contributed by atoms with E-state index in [1.54, 1.807) is 11.0 Å². The van der Waals surface area contributed by atoms with E-state index in [9.17, 15) is 24.5 Å². The Kier molecular flexibility index (Phi) is 8.81. The number of carbonyl (C=O) groups excluding carboxylic acids is 1. The minimum Gasteiger partial charge on any atom is -0.508 e. The van der Waals surface area contributed by atoms with Crippen LogP contribution in [0.3, 0.4) is 0 Å². The topological polar surface area (TPSA) is 144 Å². The van der Waals surface area contributed by atoms with Gasteiger partial charge >= 0.3 is 6.01 Å². The maximum atomic E-state index is 17.0. The molecule has 0 aliphatic carbocycles. The molecule has 3 aliphatic heterocycles. The SMILES string of the molecule is C#Cc1c(F)ccc2cc(O)cc(-c3ncc4c(N5CC6CCC(C5)N6)nc(OCc5ccc6c(c5)CN(C(=O)c5cc(C(C)C)c(O)cc5O)C6)nc4c3F)c12. The number of anilines is 1. The normalized spacial score (nSPS) is 17.4. The van der Waals surface area contributed by atoms with E-state index in [0.29, 0.717) is 48.3 Å². The van der Waals surface area contributed by atoms with Gasteiger partial charge in [0.05, 0.1) is 16.5 Å². The molecule has 13 heteroatoms.